The fourth-order valence-electron chi connectivity index (χ4n) is 2.92. The Hall–Kier alpha value is -2.82. The highest BCUT2D eigenvalue weighted by atomic mass is 16.3. The fourth-order valence-corrected chi connectivity index (χ4v) is 2.92. The summed E-state index contributed by atoms with van der Waals surface area (Å²) in [4.78, 5) is 16.7. The number of aryl methyl sites for hydroxylation is 1. The van der Waals surface area contributed by atoms with Gasteiger partial charge in [0.15, 0.2) is 0 Å². The molecule has 5 heteroatoms. The number of rotatable bonds is 4. The van der Waals surface area contributed by atoms with E-state index in [1.54, 1.807) is 12.5 Å². The van der Waals surface area contributed by atoms with Gasteiger partial charge in [0.05, 0.1) is 6.26 Å². The molecule has 2 aromatic heterocycles. The Labute approximate surface area is 134 Å². The smallest absolute Gasteiger partial charge is 0.228 e. The van der Waals surface area contributed by atoms with Gasteiger partial charge in [0.2, 0.25) is 5.91 Å². The van der Waals surface area contributed by atoms with Crippen molar-refractivity contribution in [2.24, 2.45) is 13.0 Å². The number of furan rings is 1. The Morgan fingerprint density at radius 3 is 3.00 bits per heavy atom. The normalized spacial score (nSPS) is 19.5. The predicted molar refractivity (Wildman–Crippen MR) is 86.8 cm³/mol. The summed E-state index contributed by atoms with van der Waals surface area (Å²) >= 11 is 0. The maximum atomic E-state index is 12.4. The van der Waals surface area contributed by atoms with Crippen LogP contribution in [0.3, 0.4) is 0 Å². The molecule has 1 N–H and O–H groups in total. The van der Waals surface area contributed by atoms with Crippen LogP contribution in [0.4, 0.5) is 5.69 Å². The summed E-state index contributed by atoms with van der Waals surface area (Å²) in [6, 6.07) is 11.6. The van der Waals surface area contributed by atoms with Crippen LogP contribution in [0.15, 0.2) is 59.5 Å². The summed E-state index contributed by atoms with van der Waals surface area (Å²) in [5, 5.41) is 3.00. The quantitative estimate of drug-likeness (QED) is 0.803. The molecule has 2 heterocycles. The van der Waals surface area contributed by atoms with E-state index < -0.39 is 0 Å². The van der Waals surface area contributed by atoms with Crippen molar-refractivity contribution in [2.45, 2.75) is 12.3 Å². The average molecular weight is 307 g/mol. The highest BCUT2D eigenvalue weighted by Crippen LogP contribution is 2.48. The molecule has 1 saturated carbocycles. The fraction of sp³-hybridized carbons (Fsp3) is 0.222. The molecule has 0 saturated heterocycles. The Kier molecular flexibility index (Phi) is 3.26. The summed E-state index contributed by atoms with van der Waals surface area (Å²) in [6.07, 6.45) is 6.16. The monoisotopic (exact) mass is 307 g/mol. The van der Waals surface area contributed by atoms with Crippen molar-refractivity contribution in [1.82, 2.24) is 9.55 Å². The molecule has 0 spiro atoms. The van der Waals surface area contributed by atoms with E-state index in [9.17, 15) is 4.79 Å². The van der Waals surface area contributed by atoms with Gasteiger partial charge in [0.25, 0.3) is 0 Å². The molecule has 4 rings (SSSR count). The number of hydrogen-bond acceptors (Lipinski definition) is 3. The number of carbonyl (C=O) groups is 1. The van der Waals surface area contributed by atoms with E-state index in [-0.39, 0.29) is 17.7 Å². The summed E-state index contributed by atoms with van der Waals surface area (Å²) < 4.78 is 7.33. The molecule has 0 bridgehead atoms. The van der Waals surface area contributed by atoms with Gasteiger partial charge in [0, 0.05) is 42.5 Å². The molecule has 1 amide bonds. The lowest BCUT2D eigenvalue weighted by Gasteiger charge is -2.07. The van der Waals surface area contributed by atoms with Gasteiger partial charge in [-0.05, 0) is 30.7 Å². The van der Waals surface area contributed by atoms with Gasteiger partial charge < -0.3 is 14.3 Å². The van der Waals surface area contributed by atoms with Crippen molar-refractivity contribution >= 4 is 11.6 Å². The molecule has 3 aromatic rings. The SMILES string of the molecule is Cn1ccnc1-c1cccc(NC(=O)C2CC2c2ccco2)c1. The summed E-state index contributed by atoms with van der Waals surface area (Å²) in [7, 11) is 1.95. The first-order valence-electron chi connectivity index (χ1n) is 7.64. The van der Waals surface area contributed by atoms with Crippen LogP contribution in [-0.2, 0) is 11.8 Å². The molecule has 2 unspecified atom stereocenters. The lowest BCUT2D eigenvalue weighted by molar-refractivity contribution is -0.117. The molecule has 0 aliphatic heterocycles. The Morgan fingerprint density at radius 1 is 1.35 bits per heavy atom. The molecule has 0 radical (unpaired) electrons. The van der Waals surface area contributed by atoms with E-state index in [4.69, 9.17) is 4.42 Å². The van der Waals surface area contributed by atoms with Crippen LogP contribution in [0.1, 0.15) is 18.1 Å². The Morgan fingerprint density at radius 2 is 2.26 bits per heavy atom. The number of carbonyl (C=O) groups excluding carboxylic acids is 1. The second-order valence-corrected chi connectivity index (χ2v) is 5.90. The molecular formula is C18H17N3O2. The predicted octanol–water partition coefficient (Wildman–Crippen LogP) is 3.42. The van der Waals surface area contributed by atoms with Crippen molar-refractivity contribution in [2.75, 3.05) is 5.32 Å². The van der Waals surface area contributed by atoms with Gasteiger partial charge in [-0.3, -0.25) is 4.79 Å². The second-order valence-electron chi connectivity index (χ2n) is 5.90. The number of hydrogen-bond donors (Lipinski definition) is 1. The van der Waals surface area contributed by atoms with Crippen LogP contribution >= 0.6 is 0 Å². The first kappa shape index (κ1) is 13.8. The molecule has 116 valence electrons. The van der Waals surface area contributed by atoms with Crippen LogP contribution in [0.25, 0.3) is 11.4 Å². The zero-order chi connectivity index (χ0) is 15.8. The molecule has 1 fully saturated rings. The lowest BCUT2D eigenvalue weighted by atomic mass is 10.1. The highest BCUT2D eigenvalue weighted by molar-refractivity contribution is 5.95. The van der Waals surface area contributed by atoms with E-state index in [0.717, 1.165) is 29.3 Å². The Bertz CT molecular complexity index is 836. The minimum atomic E-state index is -0.00188. The Balaban J connectivity index is 1.47. The van der Waals surface area contributed by atoms with E-state index in [0.29, 0.717) is 0 Å². The van der Waals surface area contributed by atoms with E-state index >= 15 is 0 Å². The number of benzene rings is 1. The summed E-state index contributed by atoms with van der Waals surface area (Å²) in [5.74, 6) is 2.02. The molecule has 2 atom stereocenters. The van der Waals surface area contributed by atoms with E-state index in [1.165, 1.54) is 0 Å². The van der Waals surface area contributed by atoms with Gasteiger partial charge >= 0.3 is 0 Å². The maximum Gasteiger partial charge on any atom is 0.228 e. The van der Waals surface area contributed by atoms with Crippen LogP contribution in [0, 0.1) is 5.92 Å². The highest BCUT2D eigenvalue weighted by Gasteiger charge is 2.45. The standard InChI is InChI=1S/C18H17N3O2/c1-21-8-7-19-17(21)12-4-2-5-13(10-12)20-18(22)15-11-14(15)16-6-3-9-23-16/h2-10,14-15H,11H2,1H3,(H,20,22). The number of imidazole rings is 1. The van der Waals surface area contributed by atoms with Gasteiger partial charge in [0.1, 0.15) is 11.6 Å². The van der Waals surface area contributed by atoms with Crippen LogP contribution < -0.4 is 5.32 Å². The molecular weight excluding hydrogens is 290 g/mol. The van der Waals surface area contributed by atoms with Gasteiger partial charge in [-0.25, -0.2) is 4.98 Å². The van der Waals surface area contributed by atoms with Crippen molar-refractivity contribution in [3.63, 3.8) is 0 Å². The molecule has 1 aromatic carbocycles. The lowest BCUT2D eigenvalue weighted by Crippen LogP contribution is -2.14. The van der Waals surface area contributed by atoms with Crippen LogP contribution in [-0.4, -0.2) is 15.5 Å². The maximum absolute atomic E-state index is 12.4. The summed E-state index contributed by atoms with van der Waals surface area (Å²) in [5.41, 5.74) is 1.77. The van der Waals surface area contributed by atoms with Crippen molar-refractivity contribution < 1.29 is 9.21 Å². The van der Waals surface area contributed by atoms with Gasteiger partial charge in [-0.2, -0.15) is 0 Å². The van der Waals surface area contributed by atoms with Gasteiger partial charge in [-0.1, -0.05) is 12.1 Å². The minimum absolute atomic E-state index is 0.00188. The largest absolute Gasteiger partial charge is 0.469 e. The number of nitrogens with one attached hydrogen (secondary N) is 1. The van der Waals surface area contributed by atoms with Crippen molar-refractivity contribution in [1.29, 1.82) is 0 Å². The molecule has 5 nitrogen and oxygen atoms in total. The van der Waals surface area contributed by atoms with E-state index in [2.05, 4.69) is 10.3 Å². The second kappa shape index (κ2) is 5.43. The van der Waals surface area contributed by atoms with Crippen LogP contribution in [0.5, 0.6) is 0 Å². The third-order valence-electron chi connectivity index (χ3n) is 4.25. The first-order chi connectivity index (χ1) is 11.2. The number of amides is 1. The van der Waals surface area contributed by atoms with Crippen molar-refractivity contribution in [3.05, 3.63) is 60.8 Å². The topological polar surface area (TPSA) is 60.1 Å². The van der Waals surface area contributed by atoms with Crippen LogP contribution in [0.2, 0.25) is 0 Å². The van der Waals surface area contributed by atoms with Gasteiger partial charge in [-0.15, -0.1) is 0 Å². The third-order valence-corrected chi connectivity index (χ3v) is 4.25. The average Bonchev–Trinajstić information content (AvgIpc) is 2.95. The minimum Gasteiger partial charge on any atom is -0.469 e. The third kappa shape index (κ3) is 2.65. The number of nitrogens with zero attached hydrogens (tertiary/aromatic N) is 2. The number of anilines is 1. The van der Waals surface area contributed by atoms with Crippen molar-refractivity contribution in [3.8, 4) is 11.4 Å². The summed E-state index contributed by atoms with van der Waals surface area (Å²) in [6.45, 7) is 0. The zero-order valence-electron chi connectivity index (χ0n) is 12.8. The molecule has 1 aliphatic rings. The zero-order valence-corrected chi connectivity index (χ0v) is 12.8. The molecule has 23 heavy (non-hydrogen) atoms. The van der Waals surface area contributed by atoms with E-state index in [1.807, 2.05) is 54.2 Å². The molecule has 1 aliphatic carbocycles. The number of aromatic nitrogens is 2. The first-order valence-corrected chi connectivity index (χ1v) is 7.64.